The monoisotopic (exact) mass is 350 g/mol. The van der Waals surface area contributed by atoms with Crippen molar-refractivity contribution in [3.05, 3.63) is 73.8 Å². The molecule has 2 rings (SSSR count). The summed E-state index contributed by atoms with van der Waals surface area (Å²) in [6.45, 7) is 0. The highest BCUT2D eigenvalue weighted by Gasteiger charge is 2.13. The maximum Gasteiger partial charge on any atom is 0.292 e. The first-order chi connectivity index (χ1) is 10.9. The van der Waals surface area contributed by atoms with E-state index in [4.69, 9.17) is 23.2 Å². The Balaban J connectivity index is 2.29. The van der Waals surface area contributed by atoms with Gasteiger partial charge in [0, 0.05) is 23.7 Å². The molecule has 0 aliphatic carbocycles. The van der Waals surface area contributed by atoms with Gasteiger partial charge in [-0.05, 0) is 35.9 Å². The number of hydrogen-bond donors (Lipinski definition) is 1. The second-order valence-electron chi connectivity index (χ2n) is 4.61. The van der Waals surface area contributed by atoms with Gasteiger partial charge in [0.1, 0.15) is 5.69 Å². The molecule has 0 amide bonds. The molecule has 0 unspecified atom stereocenters. The Kier molecular flexibility index (Phi) is 5.36. The van der Waals surface area contributed by atoms with Gasteiger partial charge < -0.3 is 5.32 Å². The molecule has 0 radical (unpaired) electrons. The van der Waals surface area contributed by atoms with Gasteiger partial charge in [0.15, 0.2) is 5.78 Å². The van der Waals surface area contributed by atoms with Crippen molar-refractivity contribution in [2.24, 2.45) is 0 Å². The van der Waals surface area contributed by atoms with Crippen LogP contribution in [0.4, 0.5) is 11.4 Å². The summed E-state index contributed by atoms with van der Waals surface area (Å²) in [4.78, 5) is 22.7. The molecule has 0 fully saturated rings. The molecule has 0 atom stereocenters. The van der Waals surface area contributed by atoms with Gasteiger partial charge in [-0.1, -0.05) is 35.3 Å². The molecular weight excluding hydrogens is 339 g/mol. The van der Waals surface area contributed by atoms with Crippen molar-refractivity contribution in [2.45, 2.75) is 0 Å². The summed E-state index contributed by atoms with van der Waals surface area (Å²) >= 11 is 11.8. The number of nitro groups is 1. The Labute approximate surface area is 142 Å². The van der Waals surface area contributed by atoms with Crippen molar-refractivity contribution in [3.63, 3.8) is 0 Å². The van der Waals surface area contributed by atoms with Crippen molar-refractivity contribution in [1.82, 2.24) is 0 Å². The lowest BCUT2D eigenvalue weighted by Crippen LogP contribution is -1.97. The van der Waals surface area contributed by atoms with Gasteiger partial charge in [-0.25, -0.2) is 0 Å². The molecule has 0 aliphatic heterocycles. The van der Waals surface area contributed by atoms with Crippen molar-refractivity contribution in [1.29, 1.82) is 0 Å². The number of nitrogens with one attached hydrogen (secondary N) is 1. The second-order valence-corrected chi connectivity index (χ2v) is 5.45. The molecule has 0 bridgehead atoms. The lowest BCUT2D eigenvalue weighted by atomic mass is 10.1. The van der Waals surface area contributed by atoms with Gasteiger partial charge in [-0.2, -0.15) is 0 Å². The number of nitro benzene ring substituents is 1. The van der Waals surface area contributed by atoms with E-state index < -0.39 is 4.92 Å². The van der Waals surface area contributed by atoms with E-state index in [2.05, 4.69) is 5.32 Å². The van der Waals surface area contributed by atoms with Crippen LogP contribution in [0.3, 0.4) is 0 Å². The molecule has 0 saturated carbocycles. The number of allylic oxidation sites excluding steroid dienone is 1. The minimum atomic E-state index is -0.487. The molecule has 23 heavy (non-hydrogen) atoms. The fourth-order valence-electron chi connectivity index (χ4n) is 1.96. The van der Waals surface area contributed by atoms with Gasteiger partial charge in [0.25, 0.3) is 5.69 Å². The number of nitrogens with zero attached hydrogens (tertiary/aromatic N) is 1. The van der Waals surface area contributed by atoms with Crippen molar-refractivity contribution >= 4 is 46.4 Å². The van der Waals surface area contributed by atoms with Crippen molar-refractivity contribution < 1.29 is 9.72 Å². The van der Waals surface area contributed by atoms with E-state index in [0.29, 0.717) is 21.3 Å². The van der Waals surface area contributed by atoms with Gasteiger partial charge in [0.2, 0.25) is 0 Å². The van der Waals surface area contributed by atoms with Crippen LogP contribution in [0.15, 0.2) is 42.5 Å². The number of halogens is 2. The fraction of sp³-hybridized carbons (Fsp3) is 0.0625. The summed E-state index contributed by atoms with van der Waals surface area (Å²) in [5.41, 5.74) is 1.14. The van der Waals surface area contributed by atoms with Crippen LogP contribution in [0, 0.1) is 10.1 Å². The molecule has 118 valence electrons. The molecule has 0 aromatic heterocycles. The van der Waals surface area contributed by atoms with Gasteiger partial charge >= 0.3 is 0 Å². The molecule has 0 saturated heterocycles. The number of ketones is 1. The Bertz CT molecular complexity index is 804. The lowest BCUT2D eigenvalue weighted by molar-refractivity contribution is -0.383. The van der Waals surface area contributed by atoms with E-state index in [0.717, 1.165) is 0 Å². The first kappa shape index (κ1) is 17.0. The van der Waals surface area contributed by atoms with E-state index in [1.807, 2.05) is 0 Å². The Morgan fingerprint density at radius 2 is 1.96 bits per heavy atom. The van der Waals surface area contributed by atoms with Crippen LogP contribution in [0.25, 0.3) is 6.08 Å². The molecule has 0 aliphatic rings. The zero-order valence-electron chi connectivity index (χ0n) is 12.0. The first-order valence-corrected chi connectivity index (χ1v) is 7.31. The summed E-state index contributed by atoms with van der Waals surface area (Å²) < 4.78 is 0. The smallest absolute Gasteiger partial charge is 0.292 e. The number of benzene rings is 2. The van der Waals surface area contributed by atoms with Crippen LogP contribution in [0.5, 0.6) is 0 Å². The van der Waals surface area contributed by atoms with E-state index in [1.54, 1.807) is 25.2 Å². The minimum Gasteiger partial charge on any atom is -0.383 e. The van der Waals surface area contributed by atoms with Crippen LogP contribution in [0.1, 0.15) is 15.9 Å². The van der Waals surface area contributed by atoms with Crippen LogP contribution in [0.2, 0.25) is 10.0 Å². The number of carbonyl (C=O) groups is 1. The average molecular weight is 351 g/mol. The highest BCUT2D eigenvalue weighted by Crippen LogP contribution is 2.26. The largest absolute Gasteiger partial charge is 0.383 e. The molecular formula is C16H12Cl2N2O3. The topological polar surface area (TPSA) is 72.2 Å². The molecule has 1 N–H and O–H groups in total. The van der Waals surface area contributed by atoms with Crippen LogP contribution < -0.4 is 5.32 Å². The lowest BCUT2D eigenvalue weighted by Gasteiger charge is -2.03. The zero-order valence-corrected chi connectivity index (χ0v) is 13.6. The maximum atomic E-state index is 12.2. The fourth-order valence-corrected chi connectivity index (χ4v) is 2.35. The summed E-state index contributed by atoms with van der Waals surface area (Å²) in [6.07, 6.45) is 2.79. The van der Waals surface area contributed by atoms with Crippen LogP contribution in [-0.4, -0.2) is 17.8 Å². The van der Waals surface area contributed by atoms with Gasteiger partial charge in [-0.15, -0.1) is 0 Å². The third-order valence-corrected chi connectivity index (χ3v) is 3.67. The quantitative estimate of drug-likeness (QED) is 0.362. The number of anilines is 1. The predicted molar refractivity (Wildman–Crippen MR) is 92.5 cm³/mol. The number of rotatable bonds is 5. The van der Waals surface area contributed by atoms with Crippen molar-refractivity contribution in [3.8, 4) is 0 Å². The van der Waals surface area contributed by atoms with E-state index in [9.17, 15) is 14.9 Å². The molecule has 2 aromatic rings. The van der Waals surface area contributed by atoms with Crippen molar-refractivity contribution in [2.75, 3.05) is 12.4 Å². The van der Waals surface area contributed by atoms with E-state index in [1.165, 1.54) is 30.4 Å². The second kappa shape index (κ2) is 7.26. The third-order valence-electron chi connectivity index (χ3n) is 3.11. The zero-order chi connectivity index (χ0) is 17.0. The first-order valence-electron chi connectivity index (χ1n) is 6.56. The van der Waals surface area contributed by atoms with E-state index >= 15 is 0 Å². The Morgan fingerprint density at radius 3 is 2.61 bits per heavy atom. The standard InChI is InChI=1S/C16H12Cl2N2O3/c1-19-14-6-2-10(8-15(14)20(22)23)3-7-16(21)12-9-11(17)4-5-13(12)18/h2-9,19H,1H3. The number of carbonyl (C=O) groups excluding carboxylic acids is 1. The normalized spacial score (nSPS) is 10.7. The van der Waals surface area contributed by atoms with Crippen LogP contribution >= 0.6 is 23.2 Å². The van der Waals surface area contributed by atoms with Gasteiger partial charge in [-0.3, -0.25) is 14.9 Å². The molecule has 0 spiro atoms. The summed E-state index contributed by atoms with van der Waals surface area (Å²) in [7, 11) is 1.60. The maximum absolute atomic E-state index is 12.2. The summed E-state index contributed by atoms with van der Waals surface area (Å²) in [6, 6.07) is 9.23. The SMILES string of the molecule is CNc1ccc(C=CC(=O)c2cc(Cl)ccc2Cl)cc1[N+](=O)[O-]. The Hall–Kier alpha value is -2.37. The molecule has 2 aromatic carbocycles. The highest BCUT2D eigenvalue weighted by atomic mass is 35.5. The summed E-state index contributed by atoms with van der Waals surface area (Å²) in [5.74, 6) is -0.335. The van der Waals surface area contributed by atoms with E-state index in [-0.39, 0.29) is 17.0 Å². The third kappa shape index (κ3) is 4.09. The predicted octanol–water partition coefficient (Wildman–Crippen LogP) is 4.84. The Morgan fingerprint density at radius 1 is 1.22 bits per heavy atom. The minimum absolute atomic E-state index is 0.0668. The molecule has 5 nitrogen and oxygen atoms in total. The highest BCUT2D eigenvalue weighted by molar-refractivity contribution is 6.36. The summed E-state index contributed by atoms with van der Waals surface area (Å²) in [5, 5.41) is 14.5. The number of hydrogen-bond acceptors (Lipinski definition) is 4. The molecule has 0 heterocycles. The van der Waals surface area contributed by atoms with Gasteiger partial charge in [0.05, 0.1) is 9.95 Å². The van der Waals surface area contributed by atoms with Crippen LogP contribution in [-0.2, 0) is 0 Å². The average Bonchev–Trinajstić information content (AvgIpc) is 2.54. The molecule has 7 heteroatoms.